The van der Waals surface area contributed by atoms with Crippen LogP contribution in [0, 0.1) is 6.92 Å². The van der Waals surface area contributed by atoms with E-state index in [0.717, 1.165) is 14.7 Å². The second-order valence-corrected chi connectivity index (χ2v) is 6.14. The molecule has 0 aliphatic rings. The molecule has 1 aromatic carbocycles. The molecule has 7 heteroatoms. The molecule has 0 aliphatic heterocycles. The Balaban J connectivity index is 2.15. The van der Waals surface area contributed by atoms with Crippen molar-refractivity contribution >= 4 is 43.4 Å². The normalized spacial score (nSPS) is 12.2. The summed E-state index contributed by atoms with van der Waals surface area (Å²) in [5.74, 6) is -0.275. The molecule has 0 N–H and O–H groups in total. The highest BCUT2D eigenvalue weighted by Crippen LogP contribution is 2.24. The zero-order valence-corrected chi connectivity index (χ0v) is 13.2. The fraction of sp³-hybridized carbons (Fsp3) is 0.154. The first kappa shape index (κ1) is 13.3. The van der Waals surface area contributed by atoms with E-state index in [1.165, 1.54) is 11.3 Å². The van der Waals surface area contributed by atoms with Gasteiger partial charge in [0.05, 0.1) is 15.9 Å². The molecular formula is C13H10BrN3O2S. The number of rotatable bonds is 1. The number of halogens is 1. The molecule has 0 bridgehead atoms. The minimum absolute atomic E-state index is 0.152. The number of benzene rings is 1. The van der Waals surface area contributed by atoms with E-state index < -0.39 is 5.91 Å². The van der Waals surface area contributed by atoms with Crippen LogP contribution >= 0.6 is 27.3 Å². The van der Waals surface area contributed by atoms with Gasteiger partial charge in [-0.05, 0) is 35.0 Å². The number of aryl methyl sites for hydroxylation is 2. The Bertz CT molecular complexity index is 875. The van der Waals surface area contributed by atoms with Crippen LogP contribution in [0.3, 0.4) is 0 Å². The summed E-state index contributed by atoms with van der Waals surface area (Å²) in [4.78, 5) is 16.7. The molecule has 0 spiro atoms. The van der Waals surface area contributed by atoms with Crippen LogP contribution < -0.4 is 4.80 Å². The monoisotopic (exact) mass is 351 g/mol. The van der Waals surface area contributed by atoms with Crippen LogP contribution in [0.4, 0.5) is 0 Å². The summed E-state index contributed by atoms with van der Waals surface area (Å²) in [6.45, 7) is 1.76. The fourth-order valence-corrected chi connectivity index (χ4v) is 3.68. The lowest BCUT2D eigenvalue weighted by Crippen LogP contribution is -2.13. The fourth-order valence-electron chi connectivity index (χ4n) is 1.87. The molecular weight excluding hydrogens is 342 g/mol. The minimum atomic E-state index is -0.427. The van der Waals surface area contributed by atoms with Crippen LogP contribution in [-0.2, 0) is 7.05 Å². The van der Waals surface area contributed by atoms with Gasteiger partial charge in [-0.3, -0.25) is 4.79 Å². The molecule has 3 rings (SSSR count). The molecule has 1 amide bonds. The van der Waals surface area contributed by atoms with Gasteiger partial charge in [-0.1, -0.05) is 22.6 Å². The number of hydrogen-bond donors (Lipinski definition) is 0. The zero-order valence-electron chi connectivity index (χ0n) is 10.8. The summed E-state index contributed by atoms with van der Waals surface area (Å²) in [5.41, 5.74) is 1.67. The van der Waals surface area contributed by atoms with Gasteiger partial charge in [-0.25, -0.2) is 0 Å². The third kappa shape index (κ3) is 2.23. The average Bonchev–Trinajstić information content (AvgIpc) is 2.96. The Morgan fingerprint density at radius 2 is 2.30 bits per heavy atom. The maximum Gasteiger partial charge on any atom is 0.318 e. The molecule has 0 atom stereocenters. The minimum Gasteiger partial charge on any atom is -0.351 e. The van der Waals surface area contributed by atoms with Gasteiger partial charge in [0.25, 0.3) is 0 Å². The third-order valence-corrected chi connectivity index (χ3v) is 4.55. The largest absolute Gasteiger partial charge is 0.351 e. The van der Waals surface area contributed by atoms with Crippen LogP contribution in [0.25, 0.3) is 10.2 Å². The highest BCUT2D eigenvalue weighted by molar-refractivity contribution is 9.10. The van der Waals surface area contributed by atoms with E-state index in [9.17, 15) is 4.79 Å². The SMILES string of the molecule is Cc1cc(C(=O)N=c2sc3cccc(Br)c3n2C)on1. The molecule has 0 saturated heterocycles. The number of carbonyl (C=O) groups is 1. The first-order valence-corrected chi connectivity index (χ1v) is 7.43. The van der Waals surface area contributed by atoms with Crippen molar-refractivity contribution in [3.05, 3.63) is 45.0 Å². The van der Waals surface area contributed by atoms with Crippen molar-refractivity contribution in [2.45, 2.75) is 6.92 Å². The molecule has 0 saturated carbocycles. The molecule has 0 aliphatic carbocycles. The van der Waals surface area contributed by atoms with Crippen LogP contribution in [0.1, 0.15) is 16.2 Å². The Morgan fingerprint density at radius 3 is 2.95 bits per heavy atom. The second kappa shape index (κ2) is 4.99. The molecule has 3 aromatic rings. The summed E-state index contributed by atoms with van der Waals surface area (Å²) >= 11 is 4.96. The maximum atomic E-state index is 12.0. The predicted octanol–water partition coefficient (Wildman–Crippen LogP) is 3.04. The second-order valence-electron chi connectivity index (χ2n) is 4.28. The number of aromatic nitrogens is 2. The Morgan fingerprint density at radius 1 is 1.50 bits per heavy atom. The molecule has 5 nitrogen and oxygen atoms in total. The number of carbonyl (C=O) groups excluding carboxylic acids is 1. The maximum absolute atomic E-state index is 12.0. The molecule has 102 valence electrons. The average molecular weight is 352 g/mol. The summed E-state index contributed by atoms with van der Waals surface area (Å²) in [5, 5.41) is 3.69. The topological polar surface area (TPSA) is 60.4 Å². The van der Waals surface area contributed by atoms with E-state index in [1.54, 1.807) is 13.0 Å². The van der Waals surface area contributed by atoms with Gasteiger partial charge >= 0.3 is 5.91 Å². The van der Waals surface area contributed by atoms with Crippen molar-refractivity contribution in [3.8, 4) is 0 Å². The molecule has 0 radical (unpaired) electrons. The standard InChI is InChI=1S/C13H10BrN3O2S/c1-7-6-9(19-16-7)12(18)15-13-17(2)11-8(14)4-3-5-10(11)20-13/h3-6H,1-2H3. The summed E-state index contributed by atoms with van der Waals surface area (Å²) in [7, 11) is 1.88. The summed E-state index contributed by atoms with van der Waals surface area (Å²) in [6.07, 6.45) is 0. The van der Waals surface area contributed by atoms with Gasteiger partial charge < -0.3 is 9.09 Å². The molecule has 2 heterocycles. The van der Waals surface area contributed by atoms with Crippen molar-refractivity contribution < 1.29 is 9.32 Å². The van der Waals surface area contributed by atoms with Gasteiger partial charge in [-0.2, -0.15) is 4.99 Å². The third-order valence-electron chi connectivity index (χ3n) is 2.81. The lowest BCUT2D eigenvalue weighted by atomic mass is 10.3. The molecule has 0 fully saturated rings. The van der Waals surface area contributed by atoms with Crippen molar-refractivity contribution in [1.29, 1.82) is 0 Å². The van der Waals surface area contributed by atoms with Crippen LogP contribution in [0.5, 0.6) is 0 Å². The Hall–Kier alpha value is -1.73. The van der Waals surface area contributed by atoms with Crippen molar-refractivity contribution in [3.63, 3.8) is 0 Å². The lowest BCUT2D eigenvalue weighted by molar-refractivity contribution is 0.0962. The van der Waals surface area contributed by atoms with Crippen LogP contribution in [0.2, 0.25) is 0 Å². The van der Waals surface area contributed by atoms with Crippen molar-refractivity contribution in [2.75, 3.05) is 0 Å². The number of nitrogens with zero attached hydrogens (tertiary/aromatic N) is 3. The van der Waals surface area contributed by atoms with E-state index in [4.69, 9.17) is 4.52 Å². The molecule has 2 aromatic heterocycles. The quantitative estimate of drug-likeness (QED) is 0.676. The number of thiazole rings is 1. The first-order chi connectivity index (χ1) is 9.56. The number of hydrogen-bond acceptors (Lipinski definition) is 4. The van der Waals surface area contributed by atoms with E-state index >= 15 is 0 Å². The Labute approximate surface area is 126 Å². The van der Waals surface area contributed by atoms with Gasteiger partial charge in [0.15, 0.2) is 4.80 Å². The van der Waals surface area contributed by atoms with Crippen LogP contribution in [-0.4, -0.2) is 15.6 Å². The van der Waals surface area contributed by atoms with Gasteiger partial charge in [0.1, 0.15) is 0 Å². The first-order valence-electron chi connectivity index (χ1n) is 5.82. The Kier molecular flexibility index (Phi) is 3.31. The van der Waals surface area contributed by atoms with Crippen molar-refractivity contribution in [1.82, 2.24) is 9.72 Å². The number of amides is 1. The smallest absolute Gasteiger partial charge is 0.318 e. The van der Waals surface area contributed by atoms with Gasteiger partial charge in [0.2, 0.25) is 5.76 Å². The lowest BCUT2D eigenvalue weighted by Gasteiger charge is -1.97. The highest BCUT2D eigenvalue weighted by Gasteiger charge is 2.12. The highest BCUT2D eigenvalue weighted by atomic mass is 79.9. The van der Waals surface area contributed by atoms with E-state index in [2.05, 4.69) is 26.1 Å². The van der Waals surface area contributed by atoms with Crippen LogP contribution in [0.15, 0.2) is 38.3 Å². The summed E-state index contributed by atoms with van der Waals surface area (Å²) < 4.78 is 8.84. The summed E-state index contributed by atoms with van der Waals surface area (Å²) in [6, 6.07) is 7.48. The van der Waals surface area contributed by atoms with E-state index in [-0.39, 0.29) is 5.76 Å². The molecule has 0 unspecified atom stereocenters. The predicted molar refractivity (Wildman–Crippen MR) is 79.6 cm³/mol. The zero-order chi connectivity index (χ0) is 14.3. The van der Waals surface area contributed by atoms with E-state index in [0.29, 0.717) is 10.5 Å². The van der Waals surface area contributed by atoms with Gasteiger partial charge in [-0.15, -0.1) is 0 Å². The van der Waals surface area contributed by atoms with Crippen molar-refractivity contribution in [2.24, 2.45) is 12.0 Å². The van der Waals surface area contributed by atoms with E-state index in [1.807, 2.05) is 29.8 Å². The molecule has 20 heavy (non-hydrogen) atoms. The number of fused-ring (bicyclic) bond motifs is 1. The van der Waals surface area contributed by atoms with Gasteiger partial charge in [0, 0.05) is 17.6 Å². The number of para-hydroxylation sites is 1.